The molecule has 0 unspecified atom stereocenters. The van der Waals surface area contributed by atoms with Gasteiger partial charge in [-0.1, -0.05) is 0 Å². The molecule has 32 heavy (non-hydrogen) atoms. The fraction of sp³-hybridized carbons (Fsp3) is 0. The molecule has 0 bridgehead atoms. The number of hydrogen-bond donors (Lipinski definition) is 4. The van der Waals surface area contributed by atoms with Gasteiger partial charge in [0.05, 0.1) is 20.8 Å². The van der Waals surface area contributed by atoms with E-state index in [2.05, 4.69) is 16.1 Å². The molecule has 2 aromatic rings. The normalized spacial score (nSPS) is 13.4. The summed E-state index contributed by atoms with van der Waals surface area (Å²) in [5, 5.41) is 26.7. The molecule has 0 aliphatic carbocycles. The van der Waals surface area contributed by atoms with E-state index in [1.807, 2.05) is 0 Å². The maximum atomic E-state index is 11.7. The number of nitrogens with one attached hydrogen (secondary N) is 2. The molecule has 4 N–H and O–H groups in total. The first-order valence-electron chi connectivity index (χ1n) is 7.71. The monoisotopic (exact) mass is 497 g/mol. The van der Waals surface area contributed by atoms with E-state index >= 15 is 0 Å². The smallest absolute Gasteiger partial charge is 0.282 e. The Morgan fingerprint density at radius 3 is 2.12 bits per heavy atom. The summed E-state index contributed by atoms with van der Waals surface area (Å²) < 4.78 is 64.4. The van der Waals surface area contributed by atoms with Crippen LogP contribution in [-0.2, 0) is 20.2 Å². The molecule has 19 heteroatoms. The Morgan fingerprint density at radius 1 is 0.938 bits per heavy atom. The number of nitro benzene ring substituents is 2. The zero-order valence-electron chi connectivity index (χ0n) is 15.7. The molecule has 3 rings (SSSR count). The van der Waals surface area contributed by atoms with Crippen LogP contribution in [0.2, 0.25) is 0 Å². The van der Waals surface area contributed by atoms with Gasteiger partial charge in [0.2, 0.25) is 0 Å². The van der Waals surface area contributed by atoms with Crippen LogP contribution < -0.4 is 45.6 Å². The summed E-state index contributed by atoms with van der Waals surface area (Å²) in [6.45, 7) is 0. The van der Waals surface area contributed by atoms with Crippen LogP contribution in [0.15, 0.2) is 51.3 Å². The van der Waals surface area contributed by atoms with Crippen molar-refractivity contribution in [3.8, 4) is 0 Å². The standard InChI is InChI=1S/C13H10N6O10S2.Na/c20-18(21)7-1-4-10(11(5-7)19(22)23)17-15-13(14-16-17)9-3-2-8(30(24,25)26)6-12(9)31(27,28)29;/h1-6,16H,(H,14,15)(H,24,25,26)(H,27,28,29);/q;+1. The molecule has 0 saturated heterocycles. The number of hydrazine groups is 2. The first-order chi connectivity index (χ1) is 14.3. The number of hydrogen-bond acceptors (Lipinski definition) is 12. The minimum absolute atomic E-state index is 0. The molecule has 0 fully saturated rings. The van der Waals surface area contributed by atoms with Crippen LogP contribution in [0, 0.1) is 20.2 Å². The largest absolute Gasteiger partial charge is 1.00 e. The summed E-state index contributed by atoms with van der Waals surface area (Å²) in [5.41, 5.74) is 2.90. The van der Waals surface area contributed by atoms with Gasteiger partial charge >= 0.3 is 35.2 Å². The summed E-state index contributed by atoms with van der Waals surface area (Å²) in [4.78, 5) is 18.7. The molecule has 1 heterocycles. The van der Waals surface area contributed by atoms with E-state index in [1.165, 1.54) is 0 Å². The van der Waals surface area contributed by atoms with E-state index in [0.29, 0.717) is 12.1 Å². The second kappa shape index (κ2) is 8.94. The van der Waals surface area contributed by atoms with Gasteiger partial charge in [-0.15, -0.1) is 5.10 Å². The van der Waals surface area contributed by atoms with E-state index in [-0.39, 0.29) is 46.6 Å². The average Bonchev–Trinajstić information content (AvgIpc) is 3.15. The van der Waals surface area contributed by atoms with E-state index in [1.54, 1.807) is 0 Å². The van der Waals surface area contributed by atoms with Gasteiger partial charge in [0.15, 0.2) is 11.5 Å². The molecule has 1 aliphatic heterocycles. The van der Waals surface area contributed by atoms with Gasteiger partial charge in [0.1, 0.15) is 4.90 Å². The Hall–Kier alpha value is -2.87. The molecular weight excluding hydrogens is 487 g/mol. The van der Waals surface area contributed by atoms with Gasteiger partial charge < -0.3 is 0 Å². The minimum atomic E-state index is -5.00. The molecular formula is C13H10N6NaO10S2+. The summed E-state index contributed by atoms with van der Waals surface area (Å²) in [6.07, 6.45) is 0. The fourth-order valence-corrected chi connectivity index (χ4v) is 3.82. The Balaban J connectivity index is 0.00000363. The van der Waals surface area contributed by atoms with Crippen molar-refractivity contribution in [2.75, 3.05) is 5.12 Å². The number of non-ortho nitro benzene ring substituents is 1. The molecule has 0 saturated carbocycles. The van der Waals surface area contributed by atoms with E-state index in [9.17, 15) is 41.6 Å². The van der Waals surface area contributed by atoms with Crippen molar-refractivity contribution in [3.05, 3.63) is 62.2 Å². The molecule has 0 spiro atoms. The van der Waals surface area contributed by atoms with E-state index in [4.69, 9.17) is 4.55 Å². The van der Waals surface area contributed by atoms with Crippen molar-refractivity contribution in [1.82, 2.24) is 11.0 Å². The second-order valence-corrected chi connectivity index (χ2v) is 8.61. The predicted octanol–water partition coefficient (Wildman–Crippen LogP) is -2.81. The van der Waals surface area contributed by atoms with Crippen molar-refractivity contribution in [2.45, 2.75) is 9.79 Å². The fourth-order valence-electron chi connectivity index (χ4n) is 2.52. The van der Waals surface area contributed by atoms with Crippen LogP contribution in [0.3, 0.4) is 0 Å². The van der Waals surface area contributed by atoms with Gasteiger partial charge in [-0.05, 0) is 24.3 Å². The van der Waals surface area contributed by atoms with Crippen LogP contribution in [0.1, 0.15) is 5.56 Å². The van der Waals surface area contributed by atoms with Gasteiger partial charge in [0.25, 0.3) is 25.9 Å². The number of nitro groups is 2. The molecule has 2 aromatic carbocycles. The second-order valence-electron chi connectivity index (χ2n) is 5.80. The van der Waals surface area contributed by atoms with Crippen LogP contribution >= 0.6 is 0 Å². The molecule has 0 amide bonds. The summed E-state index contributed by atoms with van der Waals surface area (Å²) in [7, 11) is -9.80. The third kappa shape index (κ3) is 5.12. The Kier molecular flexibility index (Phi) is 7.09. The number of nitrogens with zero attached hydrogens (tertiary/aromatic N) is 4. The van der Waals surface area contributed by atoms with E-state index < -0.39 is 51.2 Å². The number of hydrazone groups is 1. The topological polar surface area (TPSA) is 235 Å². The van der Waals surface area contributed by atoms with Crippen LogP contribution in [-0.4, -0.2) is 41.6 Å². The third-order valence-corrected chi connectivity index (χ3v) is 5.61. The maximum absolute atomic E-state index is 11.7. The Labute approximate surface area is 200 Å². The Bertz CT molecular complexity index is 1360. The molecule has 164 valence electrons. The maximum Gasteiger partial charge on any atom is 1.00 e. The molecule has 0 atom stereocenters. The minimum Gasteiger partial charge on any atom is -0.282 e. The number of anilines is 1. The molecule has 0 aromatic heterocycles. The molecule has 0 radical (unpaired) electrons. The Morgan fingerprint density at radius 2 is 1.59 bits per heavy atom. The van der Waals surface area contributed by atoms with E-state index in [0.717, 1.165) is 29.4 Å². The summed E-state index contributed by atoms with van der Waals surface area (Å²) in [5.74, 6) is -0.317. The zero-order chi connectivity index (χ0) is 23.1. The third-order valence-electron chi connectivity index (χ3n) is 3.87. The summed E-state index contributed by atoms with van der Waals surface area (Å²) in [6, 6.07) is 4.93. The number of amidine groups is 1. The van der Waals surface area contributed by atoms with Crippen LogP contribution in [0.25, 0.3) is 0 Å². The van der Waals surface area contributed by atoms with Crippen molar-refractivity contribution in [2.24, 2.45) is 5.10 Å². The average molecular weight is 497 g/mol. The first-order valence-corrected chi connectivity index (χ1v) is 10.6. The van der Waals surface area contributed by atoms with Gasteiger partial charge in [-0.2, -0.15) is 27.5 Å². The SMILES string of the molecule is O=[N+]([O-])c1ccc(N2NN=C(c3ccc(S(=O)(=O)O)cc3S(=O)(=O)O)N2)c([N+](=O)[O-])c1.[Na+]. The van der Waals surface area contributed by atoms with Gasteiger partial charge in [-0.25, -0.2) is 0 Å². The van der Waals surface area contributed by atoms with Crippen LogP contribution in [0.4, 0.5) is 17.1 Å². The van der Waals surface area contributed by atoms with Crippen LogP contribution in [0.5, 0.6) is 0 Å². The summed E-state index contributed by atoms with van der Waals surface area (Å²) >= 11 is 0. The quantitative estimate of drug-likeness (QED) is 0.137. The van der Waals surface area contributed by atoms with Crippen molar-refractivity contribution >= 4 is 43.1 Å². The van der Waals surface area contributed by atoms with Crippen molar-refractivity contribution < 1.29 is 65.3 Å². The zero-order valence-corrected chi connectivity index (χ0v) is 19.4. The van der Waals surface area contributed by atoms with Gasteiger partial charge in [-0.3, -0.25) is 34.8 Å². The predicted molar refractivity (Wildman–Crippen MR) is 101 cm³/mol. The molecule has 1 aliphatic rings. The number of rotatable bonds is 6. The van der Waals surface area contributed by atoms with Crippen molar-refractivity contribution in [3.63, 3.8) is 0 Å². The van der Waals surface area contributed by atoms with Gasteiger partial charge in [0, 0.05) is 11.6 Å². The van der Waals surface area contributed by atoms with Crippen molar-refractivity contribution in [1.29, 1.82) is 0 Å². The number of benzene rings is 2. The first kappa shape index (κ1) is 25.4. The molecule has 16 nitrogen and oxygen atoms in total.